The Morgan fingerprint density at radius 3 is 2.53 bits per heavy atom. The van der Waals surface area contributed by atoms with Crippen LogP contribution < -0.4 is 14.4 Å². The van der Waals surface area contributed by atoms with E-state index >= 15 is 0 Å². The van der Waals surface area contributed by atoms with Crippen molar-refractivity contribution < 1.29 is 17.9 Å². The van der Waals surface area contributed by atoms with E-state index in [1.807, 2.05) is 35.9 Å². The normalized spacial score (nSPS) is 14.9. The summed E-state index contributed by atoms with van der Waals surface area (Å²) in [5, 5.41) is 2.83. The maximum atomic E-state index is 12.6. The Labute approximate surface area is 197 Å². The number of fused-ring (bicyclic) bond motifs is 1. The molecule has 0 aliphatic carbocycles. The summed E-state index contributed by atoms with van der Waals surface area (Å²) < 4.78 is 33.3. The topological polar surface area (TPSA) is 93.0 Å². The van der Waals surface area contributed by atoms with Crippen molar-refractivity contribution >= 4 is 33.0 Å². The Morgan fingerprint density at radius 1 is 1.09 bits per heavy atom. The Kier molecular flexibility index (Phi) is 5.70. The van der Waals surface area contributed by atoms with E-state index in [0.717, 1.165) is 16.9 Å². The molecule has 5 rings (SSSR count). The van der Waals surface area contributed by atoms with Crippen LogP contribution >= 0.6 is 0 Å². The minimum atomic E-state index is -3.23. The van der Waals surface area contributed by atoms with Crippen molar-refractivity contribution in [2.45, 2.75) is 20.0 Å². The first-order chi connectivity index (χ1) is 16.4. The van der Waals surface area contributed by atoms with E-state index in [9.17, 15) is 13.2 Å². The first-order valence-corrected chi connectivity index (χ1v) is 12.6. The number of pyridine rings is 1. The number of nitrogens with zero attached hydrogens (tertiary/aromatic N) is 3. The van der Waals surface area contributed by atoms with Gasteiger partial charge in [-0.25, -0.2) is 13.4 Å². The van der Waals surface area contributed by atoms with E-state index in [1.54, 1.807) is 48.5 Å². The molecular formula is C25H24N4O4S. The van der Waals surface area contributed by atoms with Crippen LogP contribution in [0.4, 0.5) is 11.4 Å². The molecular weight excluding hydrogens is 452 g/mol. The monoisotopic (exact) mass is 476 g/mol. The zero-order valence-corrected chi connectivity index (χ0v) is 19.5. The number of amides is 1. The van der Waals surface area contributed by atoms with E-state index in [0.29, 0.717) is 42.3 Å². The molecule has 34 heavy (non-hydrogen) atoms. The molecule has 174 valence electrons. The summed E-state index contributed by atoms with van der Waals surface area (Å²) in [6.45, 7) is 2.83. The Hall–Kier alpha value is -3.85. The van der Waals surface area contributed by atoms with Crippen LogP contribution in [-0.4, -0.2) is 36.0 Å². The quantitative estimate of drug-likeness (QED) is 0.454. The molecule has 1 aliphatic rings. The third-order valence-corrected chi connectivity index (χ3v) is 7.61. The molecule has 0 spiro atoms. The highest BCUT2D eigenvalue weighted by molar-refractivity contribution is 7.93. The predicted octanol–water partition coefficient (Wildman–Crippen LogP) is 4.01. The highest BCUT2D eigenvalue weighted by Gasteiger charge is 2.28. The van der Waals surface area contributed by atoms with E-state index in [4.69, 9.17) is 4.74 Å². The maximum absolute atomic E-state index is 12.6. The second kappa shape index (κ2) is 8.83. The molecule has 1 saturated heterocycles. The summed E-state index contributed by atoms with van der Waals surface area (Å²) in [6, 6.07) is 17.7. The lowest BCUT2D eigenvalue weighted by Gasteiger charge is -2.17. The number of aryl methyl sites for hydroxylation is 1. The fourth-order valence-corrected chi connectivity index (χ4v) is 5.54. The lowest BCUT2D eigenvalue weighted by atomic mass is 10.2. The average molecular weight is 477 g/mol. The van der Waals surface area contributed by atoms with Gasteiger partial charge in [0.2, 0.25) is 10.0 Å². The molecule has 0 radical (unpaired) electrons. The van der Waals surface area contributed by atoms with Crippen molar-refractivity contribution in [3.8, 4) is 5.75 Å². The summed E-state index contributed by atoms with van der Waals surface area (Å²) >= 11 is 0. The van der Waals surface area contributed by atoms with Gasteiger partial charge < -0.3 is 14.5 Å². The van der Waals surface area contributed by atoms with Gasteiger partial charge in [-0.15, -0.1) is 0 Å². The van der Waals surface area contributed by atoms with Crippen LogP contribution in [-0.2, 0) is 16.6 Å². The lowest BCUT2D eigenvalue weighted by Crippen LogP contribution is -2.24. The number of ether oxygens (including phenoxy) is 1. The molecule has 9 heteroatoms. The van der Waals surface area contributed by atoms with Crippen LogP contribution in [0.3, 0.4) is 0 Å². The van der Waals surface area contributed by atoms with Gasteiger partial charge in [-0.3, -0.25) is 9.10 Å². The minimum Gasteiger partial charge on any atom is -0.487 e. The first-order valence-electron chi connectivity index (χ1n) is 11.0. The van der Waals surface area contributed by atoms with E-state index in [1.165, 1.54) is 4.31 Å². The van der Waals surface area contributed by atoms with E-state index in [-0.39, 0.29) is 11.7 Å². The number of hydrogen-bond donors (Lipinski definition) is 1. The van der Waals surface area contributed by atoms with E-state index in [2.05, 4.69) is 10.3 Å². The number of imidazole rings is 1. The molecule has 3 heterocycles. The first kappa shape index (κ1) is 22.0. The molecule has 8 nitrogen and oxygen atoms in total. The fraction of sp³-hybridized carbons (Fsp3) is 0.200. The van der Waals surface area contributed by atoms with E-state index < -0.39 is 10.0 Å². The molecule has 0 bridgehead atoms. The Morgan fingerprint density at radius 2 is 1.85 bits per heavy atom. The van der Waals surface area contributed by atoms with Crippen molar-refractivity contribution in [1.29, 1.82) is 0 Å². The van der Waals surface area contributed by atoms with Crippen LogP contribution in [0.1, 0.15) is 28.0 Å². The second-order valence-corrected chi connectivity index (χ2v) is 10.2. The number of anilines is 2. The van der Waals surface area contributed by atoms with Crippen molar-refractivity contribution in [3.05, 3.63) is 89.9 Å². The predicted molar refractivity (Wildman–Crippen MR) is 131 cm³/mol. The van der Waals surface area contributed by atoms with Crippen molar-refractivity contribution in [2.75, 3.05) is 21.9 Å². The number of carbonyl (C=O) groups excluding carboxylic acids is 1. The van der Waals surface area contributed by atoms with Gasteiger partial charge in [0, 0.05) is 30.2 Å². The highest BCUT2D eigenvalue weighted by Crippen LogP contribution is 2.25. The average Bonchev–Trinajstić information content (AvgIpc) is 3.42. The van der Waals surface area contributed by atoms with Gasteiger partial charge in [0.15, 0.2) is 0 Å². The molecule has 0 atom stereocenters. The van der Waals surface area contributed by atoms with Crippen molar-refractivity contribution in [1.82, 2.24) is 9.38 Å². The van der Waals surface area contributed by atoms with Gasteiger partial charge in [-0.05, 0) is 73.5 Å². The lowest BCUT2D eigenvalue weighted by molar-refractivity contribution is 0.102. The molecule has 0 unspecified atom stereocenters. The molecule has 2 aromatic carbocycles. The SMILES string of the molecule is Cc1cccn2cc(COc3ccc(C(=O)Nc4ccc(N5CCCS5(=O)=O)cc4)cc3)nc12. The molecule has 1 N–H and O–H groups in total. The third-order valence-electron chi connectivity index (χ3n) is 5.74. The molecule has 1 fully saturated rings. The van der Waals surface area contributed by atoms with Crippen LogP contribution in [0.15, 0.2) is 73.1 Å². The number of rotatable bonds is 6. The number of aromatic nitrogens is 2. The second-order valence-electron chi connectivity index (χ2n) is 8.21. The van der Waals surface area contributed by atoms with Crippen molar-refractivity contribution in [3.63, 3.8) is 0 Å². The van der Waals surface area contributed by atoms with Gasteiger partial charge in [0.05, 0.1) is 17.1 Å². The molecule has 1 aliphatic heterocycles. The minimum absolute atomic E-state index is 0.170. The summed E-state index contributed by atoms with van der Waals surface area (Å²) in [5.74, 6) is 0.551. The number of hydrogen-bond acceptors (Lipinski definition) is 5. The van der Waals surface area contributed by atoms with Crippen molar-refractivity contribution in [2.24, 2.45) is 0 Å². The van der Waals surface area contributed by atoms with Crippen LogP contribution in [0.2, 0.25) is 0 Å². The van der Waals surface area contributed by atoms with Crippen LogP contribution in [0.5, 0.6) is 5.75 Å². The largest absolute Gasteiger partial charge is 0.487 e. The molecule has 4 aromatic rings. The Bertz CT molecular complexity index is 1440. The summed E-state index contributed by atoms with van der Waals surface area (Å²) in [4.78, 5) is 17.2. The summed E-state index contributed by atoms with van der Waals surface area (Å²) in [5.41, 5.74) is 4.51. The maximum Gasteiger partial charge on any atom is 0.255 e. The van der Waals surface area contributed by atoms with Crippen LogP contribution in [0.25, 0.3) is 5.65 Å². The van der Waals surface area contributed by atoms with Gasteiger partial charge in [-0.1, -0.05) is 6.07 Å². The zero-order valence-electron chi connectivity index (χ0n) is 18.6. The van der Waals surface area contributed by atoms with Gasteiger partial charge >= 0.3 is 0 Å². The number of sulfonamides is 1. The third kappa shape index (κ3) is 4.47. The number of nitrogens with one attached hydrogen (secondary N) is 1. The highest BCUT2D eigenvalue weighted by atomic mass is 32.2. The summed E-state index contributed by atoms with van der Waals surface area (Å²) in [6.07, 6.45) is 4.52. The molecule has 0 saturated carbocycles. The Balaban J connectivity index is 1.19. The van der Waals surface area contributed by atoms with Crippen LogP contribution in [0, 0.1) is 6.92 Å². The zero-order chi connectivity index (χ0) is 23.7. The summed E-state index contributed by atoms with van der Waals surface area (Å²) in [7, 11) is -3.23. The van der Waals surface area contributed by atoms with Gasteiger partial charge in [0.1, 0.15) is 18.0 Å². The number of carbonyl (C=O) groups is 1. The number of benzene rings is 2. The molecule has 2 aromatic heterocycles. The smallest absolute Gasteiger partial charge is 0.255 e. The van der Waals surface area contributed by atoms with Gasteiger partial charge in [-0.2, -0.15) is 0 Å². The molecule has 1 amide bonds. The van der Waals surface area contributed by atoms with Gasteiger partial charge in [0.25, 0.3) is 5.91 Å². The fourth-order valence-electron chi connectivity index (χ4n) is 3.98. The standard InChI is InChI=1S/C25H24N4O4S/c1-18-4-2-13-28-16-21(26-24(18)28)17-33-23-11-5-19(6-12-23)25(30)27-20-7-9-22(10-8-20)29-14-3-15-34(29,31)32/h2,4-13,16H,3,14-15,17H2,1H3,(H,27,30).